The molecule has 0 aliphatic carbocycles. The second kappa shape index (κ2) is 5.19. The predicted octanol–water partition coefficient (Wildman–Crippen LogP) is 3.19. The lowest BCUT2D eigenvalue weighted by Gasteiger charge is -2.36. The van der Waals surface area contributed by atoms with Crippen molar-refractivity contribution < 1.29 is 13.5 Å². The van der Waals surface area contributed by atoms with E-state index in [1.165, 1.54) is 6.20 Å². The van der Waals surface area contributed by atoms with Crippen molar-refractivity contribution in [3.05, 3.63) is 11.1 Å². The number of rotatable bonds is 4. The van der Waals surface area contributed by atoms with Gasteiger partial charge in [0, 0.05) is 6.20 Å². The first-order chi connectivity index (χ1) is 8.67. The standard InChI is InChI=1S/C13H25NO3S2Si/c1-12(2,3)20(6,7)9-19(16,17)11-14-8-10(18-11)13(4,5)15/h8,15H,9H2,1-7H3. The molecule has 7 heteroatoms. The molecule has 1 heterocycles. The average molecular weight is 336 g/mol. The van der Waals surface area contributed by atoms with E-state index in [1.807, 2.05) is 0 Å². The Labute approximate surface area is 127 Å². The number of sulfone groups is 1. The number of aliphatic hydroxyl groups is 1. The summed E-state index contributed by atoms with van der Waals surface area (Å²) in [6, 6.07) is 0. The summed E-state index contributed by atoms with van der Waals surface area (Å²) < 4.78 is 25.2. The van der Waals surface area contributed by atoms with E-state index < -0.39 is 23.5 Å². The fourth-order valence-electron chi connectivity index (χ4n) is 1.44. The molecule has 4 nitrogen and oxygen atoms in total. The highest BCUT2D eigenvalue weighted by atomic mass is 32.2. The van der Waals surface area contributed by atoms with Gasteiger partial charge in [-0.1, -0.05) is 33.9 Å². The molecule has 0 aliphatic rings. The molecule has 1 aromatic heterocycles. The van der Waals surface area contributed by atoms with Crippen LogP contribution in [0.1, 0.15) is 39.5 Å². The van der Waals surface area contributed by atoms with Gasteiger partial charge in [-0.2, -0.15) is 0 Å². The average Bonchev–Trinajstić information content (AvgIpc) is 2.61. The molecule has 0 bridgehead atoms. The fraction of sp³-hybridized carbons (Fsp3) is 0.769. The van der Waals surface area contributed by atoms with E-state index in [2.05, 4.69) is 38.8 Å². The van der Waals surface area contributed by atoms with E-state index in [4.69, 9.17) is 0 Å². The van der Waals surface area contributed by atoms with Crippen molar-refractivity contribution in [2.24, 2.45) is 0 Å². The highest BCUT2D eigenvalue weighted by Crippen LogP contribution is 2.38. The van der Waals surface area contributed by atoms with Crippen LogP contribution in [0.3, 0.4) is 0 Å². The highest BCUT2D eigenvalue weighted by molar-refractivity contribution is 7.95. The number of hydrogen-bond donors (Lipinski definition) is 1. The molecule has 116 valence electrons. The molecule has 1 rings (SSSR count). The van der Waals surface area contributed by atoms with E-state index in [0.717, 1.165) is 11.3 Å². The zero-order valence-electron chi connectivity index (χ0n) is 13.3. The van der Waals surface area contributed by atoms with Gasteiger partial charge >= 0.3 is 0 Å². The van der Waals surface area contributed by atoms with Crippen LogP contribution in [-0.4, -0.2) is 32.0 Å². The summed E-state index contributed by atoms with van der Waals surface area (Å²) in [5.41, 5.74) is -1.05. The summed E-state index contributed by atoms with van der Waals surface area (Å²) in [5, 5.41) is 10.1. The van der Waals surface area contributed by atoms with E-state index in [0.29, 0.717) is 4.88 Å². The summed E-state index contributed by atoms with van der Waals surface area (Å²) >= 11 is 1.07. The van der Waals surface area contributed by atoms with Crippen molar-refractivity contribution in [1.82, 2.24) is 4.98 Å². The van der Waals surface area contributed by atoms with Crippen molar-refractivity contribution in [3.63, 3.8) is 0 Å². The molecular formula is C13H25NO3S2Si. The van der Waals surface area contributed by atoms with Crippen molar-refractivity contribution in [2.45, 2.75) is 62.7 Å². The third kappa shape index (κ3) is 3.90. The molecule has 0 radical (unpaired) electrons. The van der Waals surface area contributed by atoms with Crippen LogP contribution >= 0.6 is 11.3 Å². The summed E-state index contributed by atoms with van der Waals surface area (Å²) in [5.74, 6) is 0. The highest BCUT2D eigenvalue weighted by Gasteiger charge is 2.40. The molecule has 1 aromatic rings. The topological polar surface area (TPSA) is 67.3 Å². The van der Waals surface area contributed by atoms with Crippen molar-refractivity contribution >= 4 is 29.2 Å². The van der Waals surface area contributed by atoms with E-state index in [1.54, 1.807) is 13.8 Å². The van der Waals surface area contributed by atoms with Crippen LogP contribution < -0.4 is 0 Å². The zero-order chi connectivity index (χ0) is 16.0. The Balaban J connectivity index is 3.10. The fourth-order valence-corrected chi connectivity index (χ4v) is 9.63. The van der Waals surface area contributed by atoms with E-state index >= 15 is 0 Å². The monoisotopic (exact) mass is 335 g/mol. The minimum atomic E-state index is -3.38. The Morgan fingerprint density at radius 3 is 2.10 bits per heavy atom. The zero-order valence-corrected chi connectivity index (χ0v) is 15.9. The van der Waals surface area contributed by atoms with Crippen molar-refractivity contribution in [3.8, 4) is 0 Å². The lowest BCUT2D eigenvalue weighted by Crippen LogP contribution is -2.44. The maximum atomic E-state index is 12.5. The van der Waals surface area contributed by atoms with Gasteiger partial charge in [-0.25, -0.2) is 13.4 Å². The predicted molar refractivity (Wildman–Crippen MR) is 86.6 cm³/mol. The lowest BCUT2D eigenvalue weighted by molar-refractivity contribution is 0.0823. The van der Waals surface area contributed by atoms with Crippen LogP contribution in [0.2, 0.25) is 18.1 Å². The summed E-state index contributed by atoms with van der Waals surface area (Å²) in [6.45, 7) is 13.7. The van der Waals surface area contributed by atoms with Gasteiger partial charge in [-0.15, -0.1) is 11.3 Å². The van der Waals surface area contributed by atoms with Gasteiger partial charge in [-0.05, 0) is 18.9 Å². The smallest absolute Gasteiger partial charge is 0.209 e. The Bertz CT molecular complexity index is 577. The Kier molecular flexibility index (Phi) is 4.62. The summed E-state index contributed by atoms with van der Waals surface area (Å²) in [4.78, 5) is 4.59. The van der Waals surface area contributed by atoms with Crippen LogP contribution in [0.5, 0.6) is 0 Å². The third-order valence-electron chi connectivity index (χ3n) is 3.93. The summed E-state index contributed by atoms with van der Waals surface area (Å²) in [6.07, 6.45) is 1.46. The lowest BCUT2D eigenvalue weighted by atomic mass is 10.1. The molecule has 20 heavy (non-hydrogen) atoms. The molecule has 0 unspecified atom stereocenters. The molecule has 0 amide bonds. The maximum absolute atomic E-state index is 12.5. The number of aromatic nitrogens is 1. The largest absolute Gasteiger partial charge is 0.385 e. The third-order valence-corrected chi connectivity index (χ3v) is 15.2. The van der Waals surface area contributed by atoms with Gasteiger partial charge in [0.05, 0.1) is 23.9 Å². The molecule has 0 spiro atoms. The minimum absolute atomic E-state index is 0.0103. The summed E-state index contributed by atoms with van der Waals surface area (Å²) in [7, 11) is -5.33. The SMILES string of the molecule is CC(C)(O)c1cnc(S(=O)(=O)C[Si](C)(C)C(C)(C)C)s1. The van der Waals surface area contributed by atoms with Crippen molar-refractivity contribution in [1.29, 1.82) is 0 Å². The van der Waals surface area contributed by atoms with Gasteiger partial charge in [0.25, 0.3) is 0 Å². The van der Waals surface area contributed by atoms with Gasteiger partial charge in [0.2, 0.25) is 14.2 Å². The van der Waals surface area contributed by atoms with Crippen molar-refractivity contribution in [2.75, 3.05) is 5.38 Å². The molecule has 0 saturated carbocycles. The van der Waals surface area contributed by atoms with Crippen LogP contribution in [0.15, 0.2) is 10.5 Å². The van der Waals surface area contributed by atoms with E-state index in [-0.39, 0.29) is 14.8 Å². The van der Waals surface area contributed by atoms with Crippen LogP contribution in [-0.2, 0) is 15.4 Å². The Morgan fingerprint density at radius 1 is 1.25 bits per heavy atom. The number of thiazole rings is 1. The van der Waals surface area contributed by atoms with Gasteiger partial charge in [0.15, 0.2) is 0 Å². The Hall–Kier alpha value is -0.243. The Morgan fingerprint density at radius 2 is 1.75 bits per heavy atom. The molecule has 0 fully saturated rings. The first kappa shape index (κ1) is 17.8. The van der Waals surface area contributed by atoms with Gasteiger partial charge in [-0.3, -0.25) is 0 Å². The van der Waals surface area contributed by atoms with Crippen LogP contribution in [0.4, 0.5) is 0 Å². The minimum Gasteiger partial charge on any atom is -0.385 e. The number of nitrogens with zero attached hydrogens (tertiary/aromatic N) is 1. The first-order valence-electron chi connectivity index (χ1n) is 6.58. The molecule has 0 aromatic carbocycles. The maximum Gasteiger partial charge on any atom is 0.209 e. The molecule has 0 atom stereocenters. The quantitative estimate of drug-likeness (QED) is 0.858. The molecular weight excluding hydrogens is 310 g/mol. The normalized spacial score (nSPS) is 14.6. The van der Waals surface area contributed by atoms with Crippen LogP contribution in [0.25, 0.3) is 0 Å². The van der Waals surface area contributed by atoms with Gasteiger partial charge in [0.1, 0.15) is 0 Å². The second-order valence-electron chi connectivity index (χ2n) is 7.44. The number of hydrogen-bond acceptors (Lipinski definition) is 5. The van der Waals surface area contributed by atoms with Gasteiger partial charge < -0.3 is 5.11 Å². The molecule has 1 N–H and O–H groups in total. The van der Waals surface area contributed by atoms with E-state index in [9.17, 15) is 13.5 Å². The van der Waals surface area contributed by atoms with Crippen LogP contribution in [0, 0.1) is 0 Å². The first-order valence-corrected chi connectivity index (χ1v) is 12.3. The second-order valence-corrected chi connectivity index (χ2v) is 16.8. The molecule has 0 aliphatic heterocycles. The molecule has 0 saturated heterocycles.